The van der Waals surface area contributed by atoms with Gasteiger partial charge in [-0.2, -0.15) is 0 Å². The number of carbonyl (C=O) groups is 2. The summed E-state index contributed by atoms with van der Waals surface area (Å²) in [6.45, 7) is 0. The lowest BCUT2D eigenvalue weighted by molar-refractivity contribution is 0.101. The molecule has 0 fully saturated rings. The Bertz CT molecular complexity index is 1690. The molecule has 186 valence electrons. The van der Waals surface area contributed by atoms with Gasteiger partial charge in [-0.3, -0.25) is 9.59 Å². The molecule has 0 aliphatic heterocycles. The molecular weight excluding hydrogens is 481 g/mol. The number of anilines is 2. The molecule has 2 amide bonds. The fourth-order valence-corrected chi connectivity index (χ4v) is 4.05. The number of halogens is 1. The number of carbonyl (C=O) groups excluding carboxylic acids is 2. The van der Waals surface area contributed by atoms with Crippen molar-refractivity contribution in [2.75, 3.05) is 10.6 Å². The summed E-state index contributed by atoms with van der Waals surface area (Å²) >= 11 is 0. The van der Waals surface area contributed by atoms with E-state index in [9.17, 15) is 14.0 Å². The lowest BCUT2D eigenvalue weighted by atomic mass is 10.1. The zero-order valence-corrected chi connectivity index (χ0v) is 20.1. The van der Waals surface area contributed by atoms with Crippen LogP contribution in [-0.2, 0) is 0 Å². The molecule has 0 radical (unpaired) electrons. The molecule has 0 bridgehead atoms. The van der Waals surface area contributed by atoms with Gasteiger partial charge in [0, 0.05) is 45.5 Å². The normalized spacial score (nSPS) is 12.1. The molecule has 7 heteroatoms. The van der Waals surface area contributed by atoms with Crippen molar-refractivity contribution in [3.8, 4) is 17.0 Å². The summed E-state index contributed by atoms with van der Waals surface area (Å²) in [5, 5.41) is 6.57. The second-order valence-electron chi connectivity index (χ2n) is 8.98. The summed E-state index contributed by atoms with van der Waals surface area (Å²) in [6, 6.07) is 27.6. The van der Waals surface area contributed by atoms with Crippen molar-refractivity contribution in [2.24, 2.45) is 0 Å². The Hall–Kier alpha value is -5.17. The molecule has 38 heavy (non-hydrogen) atoms. The largest absolute Gasteiger partial charge is 0.462 e. The highest BCUT2D eigenvalue weighted by atomic mass is 19.1. The number of amides is 2. The maximum absolute atomic E-state index is 13.1. The van der Waals surface area contributed by atoms with E-state index >= 15 is 0 Å². The van der Waals surface area contributed by atoms with Gasteiger partial charge in [-0.1, -0.05) is 12.1 Å². The minimum atomic E-state index is -0.359. The van der Waals surface area contributed by atoms with E-state index in [1.165, 1.54) is 24.3 Å². The molecule has 0 spiro atoms. The van der Waals surface area contributed by atoms with Crippen LogP contribution in [-0.4, -0.2) is 16.8 Å². The van der Waals surface area contributed by atoms with Gasteiger partial charge in [0.15, 0.2) is 0 Å². The Morgan fingerprint density at radius 1 is 0.737 bits per heavy atom. The summed E-state index contributed by atoms with van der Waals surface area (Å²) in [5.41, 5.74) is 4.95. The molecular formula is C31H22FN3O3. The summed E-state index contributed by atoms with van der Waals surface area (Å²) < 4.78 is 18.7. The van der Waals surface area contributed by atoms with E-state index < -0.39 is 0 Å². The SMILES string of the molecule is O=C(Nc1ccc(-c2cc3cc(C(=O)Nc4ccc(F)cc4)ccc3[nH]2)cc1)c1ccc(OC2=CC2)cc1. The first-order chi connectivity index (χ1) is 18.5. The zero-order valence-electron chi connectivity index (χ0n) is 20.1. The molecule has 1 aliphatic rings. The first-order valence-corrected chi connectivity index (χ1v) is 12.1. The molecule has 0 unspecified atom stereocenters. The average molecular weight is 504 g/mol. The van der Waals surface area contributed by atoms with Crippen LogP contribution in [0.1, 0.15) is 27.1 Å². The number of aromatic amines is 1. The van der Waals surface area contributed by atoms with Crippen LogP contribution < -0.4 is 15.4 Å². The van der Waals surface area contributed by atoms with Crippen LogP contribution in [0.5, 0.6) is 5.75 Å². The van der Waals surface area contributed by atoms with Gasteiger partial charge in [-0.05, 0) is 96.6 Å². The number of hydrogen-bond acceptors (Lipinski definition) is 3. The minimum Gasteiger partial charge on any atom is -0.462 e. The minimum absolute atomic E-state index is 0.202. The van der Waals surface area contributed by atoms with Crippen molar-refractivity contribution in [1.29, 1.82) is 0 Å². The van der Waals surface area contributed by atoms with E-state index in [-0.39, 0.29) is 17.6 Å². The Balaban J connectivity index is 1.13. The molecule has 3 N–H and O–H groups in total. The molecule has 5 aromatic rings. The maximum atomic E-state index is 13.1. The highest BCUT2D eigenvalue weighted by Gasteiger charge is 2.12. The monoisotopic (exact) mass is 503 g/mol. The van der Waals surface area contributed by atoms with Crippen molar-refractivity contribution in [2.45, 2.75) is 6.42 Å². The number of ether oxygens (including phenoxy) is 1. The van der Waals surface area contributed by atoms with E-state index in [0.29, 0.717) is 28.3 Å². The Morgan fingerprint density at radius 2 is 1.34 bits per heavy atom. The molecule has 6 nitrogen and oxygen atoms in total. The fraction of sp³-hybridized carbons (Fsp3) is 0.0323. The van der Waals surface area contributed by atoms with Gasteiger partial charge in [0.05, 0.1) is 0 Å². The average Bonchev–Trinajstić information content (AvgIpc) is 3.65. The first-order valence-electron chi connectivity index (χ1n) is 12.1. The third-order valence-corrected chi connectivity index (χ3v) is 6.18. The van der Waals surface area contributed by atoms with Crippen molar-refractivity contribution < 1.29 is 18.7 Å². The molecule has 1 heterocycles. The second kappa shape index (κ2) is 9.71. The number of aromatic nitrogens is 1. The number of rotatable bonds is 7. The summed E-state index contributed by atoms with van der Waals surface area (Å²) in [4.78, 5) is 28.6. The molecule has 6 rings (SSSR count). The number of nitrogens with one attached hydrogen (secondary N) is 3. The smallest absolute Gasteiger partial charge is 0.255 e. The molecule has 0 saturated carbocycles. The summed E-state index contributed by atoms with van der Waals surface area (Å²) in [7, 11) is 0. The highest BCUT2D eigenvalue weighted by Crippen LogP contribution is 2.27. The van der Waals surface area contributed by atoms with E-state index in [4.69, 9.17) is 4.74 Å². The zero-order chi connectivity index (χ0) is 26.1. The predicted octanol–water partition coefficient (Wildman–Crippen LogP) is 7.15. The van der Waals surface area contributed by atoms with E-state index in [2.05, 4.69) is 15.6 Å². The molecule has 0 saturated heterocycles. The first kappa shape index (κ1) is 23.2. The van der Waals surface area contributed by atoms with E-state index in [1.807, 2.05) is 42.5 Å². The van der Waals surface area contributed by atoms with Gasteiger partial charge in [-0.25, -0.2) is 4.39 Å². The van der Waals surface area contributed by atoms with E-state index in [1.54, 1.807) is 36.4 Å². The van der Waals surface area contributed by atoms with Gasteiger partial charge >= 0.3 is 0 Å². The summed E-state index contributed by atoms with van der Waals surface area (Å²) in [5.74, 6) is 0.830. The van der Waals surface area contributed by atoms with Crippen LogP contribution >= 0.6 is 0 Å². The van der Waals surface area contributed by atoms with Gasteiger partial charge in [0.25, 0.3) is 11.8 Å². The maximum Gasteiger partial charge on any atom is 0.255 e. The standard InChI is InChI=1S/C31H22FN3O3/c32-23-6-10-25(11-7-23)34-31(37)21-5-16-28-22(17-21)18-29(35-28)19-1-8-24(9-2-19)33-30(36)20-3-12-26(13-4-20)38-27-14-15-27/h1-14,16-18,35H,15H2,(H,33,36)(H,34,37). The van der Waals surface area contributed by atoms with Gasteiger partial charge in [0.2, 0.25) is 0 Å². The van der Waals surface area contributed by atoms with Gasteiger partial charge < -0.3 is 20.4 Å². The number of hydrogen-bond donors (Lipinski definition) is 3. The summed E-state index contributed by atoms with van der Waals surface area (Å²) in [6.07, 6.45) is 2.88. The van der Waals surface area contributed by atoms with Crippen molar-refractivity contribution in [3.63, 3.8) is 0 Å². The van der Waals surface area contributed by atoms with Crippen LogP contribution in [0.25, 0.3) is 22.2 Å². The molecule has 1 aliphatic carbocycles. The third kappa shape index (κ3) is 5.17. The van der Waals surface area contributed by atoms with E-state index in [0.717, 1.165) is 34.3 Å². The molecule has 4 aromatic carbocycles. The number of H-pyrrole nitrogens is 1. The van der Waals surface area contributed by atoms with Crippen LogP contribution in [0.15, 0.2) is 109 Å². The Labute approximate surface area is 217 Å². The lowest BCUT2D eigenvalue weighted by Crippen LogP contribution is -2.11. The number of allylic oxidation sites excluding steroid dienone is 2. The number of benzene rings is 4. The second-order valence-corrected chi connectivity index (χ2v) is 8.98. The van der Waals surface area contributed by atoms with Crippen LogP contribution in [0.4, 0.5) is 15.8 Å². The fourth-order valence-electron chi connectivity index (χ4n) is 4.05. The Morgan fingerprint density at radius 3 is 2.00 bits per heavy atom. The highest BCUT2D eigenvalue weighted by molar-refractivity contribution is 6.07. The van der Waals surface area contributed by atoms with Crippen molar-refractivity contribution >= 4 is 34.1 Å². The van der Waals surface area contributed by atoms with Crippen LogP contribution in [0, 0.1) is 5.82 Å². The quantitative estimate of drug-likeness (QED) is 0.221. The van der Waals surface area contributed by atoms with Crippen molar-refractivity contribution in [3.05, 3.63) is 126 Å². The topological polar surface area (TPSA) is 83.2 Å². The molecule has 0 atom stereocenters. The van der Waals surface area contributed by atoms with Crippen LogP contribution in [0.2, 0.25) is 0 Å². The van der Waals surface area contributed by atoms with Crippen LogP contribution in [0.3, 0.4) is 0 Å². The lowest BCUT2D eigenvalue weighted by Gasteiger charge is -2.07. The van der Waals surface area contributed by atoms with Crippen molar-refractivity contribution in [1.82, 2.24) is 4.98 Å². The Kier molecular flexibility index (Phi) is 5.94. The third-order valence-electron chi connectivity index (χ3n) is 6.18. The van der Waals surface area contributed by atoms with Gasteiger partial charge in [-0.15, -0.1) is 0 Å². The number of fused-ring (bicyclic) bond motifs is 1. The predicted molar refractivity (Wildman–Crippen MR) is 146 cm³/mol. The molecule has 1 aromatic heterocycles. The van der Waals surface area contributed by atoms with Gasteiger partial charge in [0.1, 0.15) is 17.3 Å².